The molecule has 12 aromatic carbocycles. The number of hydrogen-bond donors (Lipinski definition) is 0. The van der Waals surface area contributed by atoms with Gasteiger partial charge in [-0.15, -0.1) is 0 Å². The van der Waals surface area contributed by atoms with Crippen LogP contribution in [0.2, 0.25) is 0 Å². The van der Waals surface area contributed by atoms with Gasteiger partial charge in [0.2, 0.25) is 0 Å². The molecule has 0 N–H and O–H groups in total. The zero-order valence-electron chi connectivity index (χ0n) is 37.3. The van der Waals surface area contributed by atoms with Crippen molar-refractivity contribution in [1.29, 1.82) is 0 Å². The summed E-state index contributed by atoms with van der Waals surface area (Å²) in [5.74, 6) is 0. The van der Waals surface area contributed by atoms with Crippen LogP contribution in [0.1, 0.15) is 0 Å². The molecule has 318 valence electrons. The second-order valence-electron chi connectivity index (χ2n) is 17.6. The van der Waals surface area contributed by atoms with Crippen molar-refractivity contribution in [3.05, 3.63) is 267 Å². The fourth-order valence-corrected chi connectivity index (χ4v) is 10.7. The number of nitrogens with zero attached hydrogens (tertiary/aromatic N) is 2. The Kier molecular flexibility index (Phi) is 9.54. The van der Waals surface area contributed by atoms with Gasteiger partial charge in [0.25, 0.3) is 0 Å². The molecule has 0 unspecified atom stereocenters. The highest BCUT2D eigenvalue weighted by Crippen LogP contribution is 2.46. The van der Waals surface area contributed by atoms with Gasteiger partial charge in [0.15, 0.2) is 0 Å². The van der Waals surface area contributed by atoms with Gasteiger partial charge in [-0.3, -0.25) is 0 Å². The topological polar surface area (TPSA) is 8.17 Å². The van der Waals surface area contributed by atoms with E-state index in [1.54, 1.807) is 0 Å². The first-order chi connectivity index (χ1) is 33.8. The first kappa shape index (κ1) is 39.4. The van der Waals surface area contributed by atoms with Gasteiger partial charge in [0, 0.05) is 33.4 Å². The summed E-state index contributed by atoms with van der Waals surface area (Å²) in [5.41, 5.74) is 16.4. The van der Waals surface area contributed by atoms with Crippen molar-refractivity contribution in [3.8, 4) is 50.2 Å². The Morgan fingerprint density at radius 1 is 0.250 bits per heavy atom. The van der Waals surface area contributed by atoms with Crippen molar-refractivity contribution in [3.63, 3.8) is 0 Å². The number of rotatable bonds is 8. The van der Waals surface area contributed by atoms with E-state index in [1.807, 2.05) is 0 Å². The van der Waals surface area contributed by atoms with Crippen molar-refractivity contribution < 1.29 is 0 Å². The molecule has 1 heterocycles. The summed E-state index contributed by atoms with van der Waals surface area (Å²) in [5, 5.41) is 10.0. The summed E-state index contributed by atoms with van der Waals surface area (Å²) in [4.78, 5) is 2.44. The third-order valence-corrected chi connectivity index (χ3v) is 13.8. The molecule has 0 saturated carbocycles. The molecule has 2 nitrogen and oxygen atoms in total. The van der Waals surface area contributed by atoms with E-state index in [2.05, 4.69) is 276 Å². The van der Waals surface area contributed by atoms with Gasteiger partial charge in [-0.1, -0.05) is 212 Å². The van der Waals surface area contributed by atoms with Crippen molar-refractivity contribution in [1.82, 2.24) is 4.57 Å². The summed E-state index contributed by atoms with van der Waals surface area (Å²) in [6.07, 6.45) is 0. The molecular formula is C66H44N2. The number of para-hydroxylation sites is 3. The van der Waals surface area contributed by atoms with Crippen molar-refractivity contribution in [2.24, 2.45) is 0 Å². The smallest absolute Gasteiger partial charge is 0.0547 e. The third-order valence-electron chi connectivity index (χ3n) is 13.8. The predicted molar refractivity (Wildman–Crippen MR) is 290 cm³/mol. The van der Waals surface area contributed by atoms with E-state index in [9.17, 15) is 0 Å². The molecule has 0 bridgehead atoms. The lowest BCUT2D eigenvalue weighted by atomic mass is 9.90. The lowest BCUT2D eigenvalue weighted by Crippen LogP contribution is -2.11. The Morgan fingerprint density at radius 3 is 1.51 bits per heavy atom. The molecule has 2 heteroatoms. The molecule has 0 atom stereocenters. The van der Waals surface area contributed by atoms with Crippen LogP contribution >= 0.6 is 0 Å². The predicted octanol–water partition coefficient (Wildman–Crippen LogP) is 18.4. The van der Waals surface area contributed by atoms with E-state index >= 15 is 0 Å². The second kappa shape index (κ2) is 16.5. The van der Waals surface area contributed by atoms with Crippen molar-refractivity contribution in [2.75, 3.05) is 4.90 Å². The van der Waals surface area contributed by atoms with Crippen molar-refractivity contribution in [2.45, 2.75) is 0 Å². The fourth-order valence-electron chi connectivity index (χ4n) is 10.7. The highest BCUT2D eigenvalue weighted by Gasteiger charge is 2.21. The molecule has 0 saturated heterocycles. The van der Waals surface area contributed by atoms with Gasteiger partial charge in [-0.25, -0.2) is 0 Å². The lowest BCUT2D eigenvalue weighted by Gasteiger charge is -2.29. The molecule has 0 fully saturated rings. The van der Waals surface area contributed by atoms with Crippen LogP contribution in [-0.4, -0.2) is 4.57 Å². The largest absolute Gasteiger partial charge is 0.310 e. The minimum atomic E-state index is 1.08. The Balaban J connectivity index is 0.983. The van der Waals surface area contributed by atoms with E-state index in [-0.39, 0.29) is 0 Å². The lowest BCUT2D eigenvalue weighted by molar-refractivity contribution is 1.18. The van der Waals surface area contributed by atoms with Gasteiger partial charge >= 0.3 is 0 Å². The number of hydrogen-bond acceptors (Lipinski definition) is 1. The molecule has 0 spiro atoms. The first-order valence-corrected chi connectivity index (χ1v) is 23.4. The first-order valence-electron chi connectivity index (χ1n) is 23.4. The second-order valence-corrected chi connectivity index (χ2v) is 17.6. The molecule has 0 aliphatic rings. The molecule has 0 aliphatic carbocycles. The number of anilines is 3. The Hall–Kier alpha value is -8.98. The SMILES string of the molecule is c1ccc(-c2cccc3cccc(-c4ccccc4N(c4ccc(-c5cccc6c5ccc5ccccc56)cc4)c4ccc(-c5cccc6c5c5ccccc5n6-c5ccccc5)cc4)c23)cc1. The molecule has 0 radical (unpaired) electrons. The number of benzene rings is 12. The van der Waals surface area contributed by atoms with Crippen LogP contribution in [0.25, 0.3) is 104 Å². The standard InChI is InChI=1S/C66H44N2/c1-3-17-45(18-4-1)55-28-13-20-49-21-14-31-60(65(49)55)59-25-9-11-32-62(59)67(51-40-35-47(36-41-51)54-27-15-30-57-53-24-8-7-19-46(53)39-44-58(54)57)52-42-37-48(38-43-52)56-29-16-34-64-66(56)61-26-10-12-33-63(61)68(64)50-22-5-2-6-23-50/h1-44H. The average Bonchev–Trinajstić information content (AvgIpc) is 3.76. The van der Waals surface area contributed by atoms with E-state index in [0.29, 0.717) is 0 Å². The van der Waals surface area contributed by atoms with E-state index in [4.69, 9.17) is 0 Å². The van der Waals surface area contributed by atoms with Gasteiger partial charge in [0.1, 0.15) is 0 Å². The average molecular weight is 865 g/mol. The summed E-state index contributed by atoms with van der Waals surface area (Å²) >= 11 is 0. The van der Waals surface area contributed by atoms with Crippen LogP contribution in [-0.2, 0) is 0 Å². The highest BCUT2D eigenvalue weighted by atomic mass is 15.1. The fraction of sp³-hybridized carbons (Fsp3) is 0. The zero-order valence-corrected chi connectivity index (χ0v) is 37.3. The quantitative estimate of drug-likeness (QED) is 0.138. The van der Waals surface area contributed by atoms with Gasteiger partial charge in [-0.05, 0) is 126 Å². The molecule has 0 amide bonds. The van der Waals surface area contributed by atoms with Crippen LogP contribution < -0.4 is 4.90 Å². The maximum atomic E-state index is 2.44. The van der Waals surface area contributed by atoms with Crippen LogP contribution in [0.3, 0.4) is 0 Å². The molecule has 68 heavy (non-hydrogen) atoms. The normalized spacial score (nSPS) is 11.5. The minimum absolute atomic E-state index is 1.08. The van der Waals surface area contributed by atoms with Gasteiger partial charge < -0.3 is 9.47 Å². The number of fused-ring (bicyclic) bond motifs is 7. The Labute approximate surface area is 395 Å². The molecule has 13 aromatic rings. The highest BCUT2D eigenvalue weighted by molar-refractivity contribution is 6.16. The van der Waals surface area contributed by atoms with Gasteiger partial charge in [-0.2, -0.15) is 0 Å². The Morgan fingerprint density at radius 2 is 0.750 bits per heavy atom. The molecule has 13 rings (SSSR count). The summed E-state index contributed by atoms with van der Waals surface area (Å²) < 4.78 is 2.39. The monoisotopic (exact) mass is 864 g/mol. The van der Waals surface area contributed by atoms with Gasteiger partial charge in [0.05, 0.1) is 16.7 Å². The zero-order chi connectivity index (χ0) is 45.0. The molecule has 0 aliphatic heterocycles. The van der Waals surface area contributed by atoms with E-state index in [0.717, 1.165) is 28.3 Å². The number of aromatic nitrogens is 1. The maximum absolute atomic E-state index is 2.44. The van der Waals surface area contributed by atoms with E-state index < -0.39 is 0 Å². The van der Waals surface area contributed by atoms with Crippen LogP contribution in [0, 0.1) is 0 Å². The summed E-state index contributed by atoms with van der Waals surface area (Å²) in [6.45, 7) is 0. The summed E-state index contributed by atoms with van der Waals surface area (Å²) in [6, 6.07) is 97.5. The van der Waals surface area contributed by atoms with Crippen LogP contribution in [0.5, 0.6) is 0 Å². The molecular weight excluding hydrogens is 821 g/mol. The minimum Gasteiger partial charge on any atom is -0.310 e. The maximum Gasteiger partial charge on any atom is 0.0547 e. The molecule has 1 aromatic heterocycles. The van der Waals surface area contributed by atoms with E-state index in [1.165, 1.54) is 93.1 Å². The van der Waals surface area contributed by atoms with Crippen LogP contribution in [0.4, 0.5) is 17.1 Å². The Bertz CT molecular complexity index is 3990. The van der Waals surface area contributed by atoms with Crippen molar-refractivity contribution >= 4 is 71.2 Å². The van der Waals surface area contributed by atoms with Crippen LogP contribution in [0.15, 0.2) is 267 Å². The summed E-state index contributed by atoms with van der Waals surface area (Å²) in [7, 11) is 0. The third kappa shape index (κ3) is 6.57.